The fourth-order valence-corrected chi connectivity index (χ4v) is 3.36. The Hall–Kier alpha value is -2.15. The number of carbonyl (C=O) groups excluding carboxylic acids is 1. The molecule has 7 heteroatoms. The number of carboxylic acids is 1. The Labute approximate surface area is 147 Å². The predicted octanol–water partition coefficient (Wildman–Crippen LogP) is 2.65. The molecule has 0 aromatic heterocycles. The quantitative estimate of drug-likeness (QED) is 0.854. The minimum atomic E-state index is -0.890. The minimum absolute atomic E-state index is 0.112. The van der Waals surface area contributed by atoms with Crippen molar-refractivity contribution >= 4 is 12.0 Å². The van der Waals surface area contributed by atoms with Gasteiger partial charge in [0.2, 0.25) is 0 Å². The molecule has 2 amide bonds. The second kappa shape index (κ2) is 8.29. The number of hydrogen-bond donors (Lipinski definition) is 2. The van der Waals surface area contributed by atoms with Gasteiger partial charge in [0, 0.05) is 25.8 Å². The van der Waals surface area contributed by atoms with Crippen LogP contribution in [-0.4, -0.2) is 48.2 Å². The van der Waals surface area contributed by atoms with E-state index in [1.807, 2.05) is 6.92 Å². The number of carbonyl (C=O) groups is 2. The summed E-state index contributed by atoms with van der Waals surface area (Å²) in [7, 11) is 1.46. The fraction of sp³-hybridized carbons (Fsp3) is 0.556. The van der Waals surface area contributed by atoms with Gasteiger partial charge in [-0.2, -0.15) is 0 Å². The second-order valence-electron chi connectivity index (χ2n) is 6.70. The summed E-state index contributed by atoms with van der Waals surface area (Å²) in [6.45, 7) is 4.34. The smallest absolute Gasteiger partial charge is 0.317 e. The number of carboxylic acid groups (broad SMARTS) is 1. The van der Waals surface area contributed by atoms with Gasteiger partial charge in [-0.1, -0.05) is 25.1 Å². The number of nitrogens with one attached hydrogen (secondary N) is 1. The molecule has 0 radical (unpaired) electrons. The van der Waals surface area contributed by atoms with E-state index in [9.17, 15) is 19.1 Å². The first-order valence-corrected chi connectivity index (χ1v) is 8.39. The number of halogens is 1. The van der Waals surface area contributed by atoms with Crippen molar-refractivity contribution < 1.29 is 23.8 Å². The summed E-state index contributed by atoms with van der Waals surface area (Å²) in [4.78, 5) is 25.3. The summed E-state index contributed by atoms with van der Waals surface area (Å²) in [6, 6.07) is 5.44. The first kappa shape index (κ1) is 19.2. The molecule has 1 aliphatic rings. The molecule has 1 aromatic rings. The van der Waals surface area contributed by atoms with Crippen molar-refractivity contribution in [1.29, 1.82) is 0 Å². The number of piperidine rings is 1. The number of ether oxygens (including phenoxy) is 1. The molecule has 1 fully saturated rings. The zero-order chi connectivity index (χ0) is 18.6. The highest BCUT2D eigenvalue weighted by atomic mass is 19.1. The predicted molar refractivity (Wildman–Crippen MR) is 90.6 cm³/mol. The van der Waals surface area contributed by atoms with Crippen LogP contribution in [0.15, 0.2) is 24.3 Å². The molecule has 2 N–H and O–H groups in total. The largest absolute Gasteiger partial charge is 0.481 e. The van der Waals surface area contributed by atoms with E-state index >= 15 is 0 Å². The summed E-state index contributed by atoms with van der Waals surface area (Å²) >= 11 is 0. The zero-order valence-electron chi connectivity index (χ0n) is 14.7. The molecule has 1 heterocycles. The van der Waals surface area contributed by atoms with Crippen molar-refractivity contribution in [3.63, 3.8) is 0 Å². The molecule has 0 bridgehead atoms. The number of hydrogen-bond acceptors (Lipinski definition) is 3. The molecule has 0 aliphatic carbocycles. The second-order valence-corrected chi connectivity index (χ2v) is 6.70. The molecule has 1 aromatic carbocycles. The van der Waals surface area contributed by atoms with Crippen LogP contribution in [0.2, 0.25) is 0 Å². The number of benzene rings is 1. The van der Waals surface area contributed by atoms with Gasteiger partial charge in [-0.25, -0.2) is 9.18 Å². The van der Waals surface area contributed by atoms with Crippen LogP contribution < -0.4 is 5.32 Å². The van der Waals surface area contributed by atoms with Crippen LogP contribution in [-0.2, 0) is 9.53 Å². The Morgan fingerprint density at radius 3 is 2.64 bits per heavy atom. The van der Waals surface area contributed by atoms with Gasteiger partial charge < -0.3 is 20.1 Å². The van der Waals surface area contributed by atoms with Gasteiger partial charge in [0.15, 0.2) is 0 Å². The van der Waals surface area contributed by atoms with Gasteiger partial charge in [-0.15, -0.1) is 0 Å². The van der Waals surface area contributed by atoms with Crippen molar-refractivity contribution in [1.82, 2.24) is 10.2 Å². The average Bonchev–Trinajstić information content (AvgIpc) is 2.56. The SMILES string of the molecule is COC(c1ccccc1F)C(C)NC(=O)N1CC(C)CC(C(=O)O)C1. The third-order valence-electron chi connectivity index (χ3n) is 4.57. The van der Waals surface area contributed by atoms with E-state index in [4.69, 9.17) is 4.74 Å². The zero-order valence-corrected chi connectivity index (χ0v) is 14.7. The molecule has 0 spiro atoms. The monoisotopic (exact) mass is 352 g/mol. The van der Waals surface area contributed by atoms with Gasteiger partial charge in [0.25, 0.3) is 0 Å². The van der Waals surface area contributed by atoms with Crippen LogP contribution in [0, 0.1) is 17.7 Å². The molecule has 2 rings (SSSR count). The topological polar surface area (TPSA) is 78.9 Å². The number of urea groups is 1. The number of amides is 2. The van der Waals surface area contributed by atoms with Crippen LogP contribution in [0.25, 0.3) is 0 Å². The Bertz CT molecular complexity index is 625. The van der Waals surface area contributed by atoms with E-state index in [1.165, 1.54) is 18.1 Å². The number of rotatable bonds is 5. The highest BCUT2D eigenvalue weighted by Crippen LogP contribution is 2.25. The number of likely N-dealkylation sites (tertiary alicyclic amines) is 1. The maximum absolute atomic E-state index is 14.0. The lowest BCUT2D eigenvalue weighted by Crippen LogP contribution is -2.52. The van der Waals surface area contributed by atoms with Crippen LogP contribution in [0.4, 0.5) is 9.18 Å². The van der Waals surface area contributed by atoms with Crippen LogP contribution >= 0.6 is 0 Å². The van der Waals surface area contributed by atoms with E-state index in [0.29, 0.717) is 18.5 Å². The highest BCUT2D eigenvalue weighted by molar-refractivity contribution is 5.77. The van der Waals surface area contributed by atoms with Crippen LogP contribution in [0.1, 0.15) is 31.9 Å². The summed E-state index contributed by atoms with van der Waals surface area (Å²) in [5.74, 6) is -1.73. The van der Waals surface area contributed by atoms with E-state index in [-0.39, 0.29) is 18.5 Å². The van der Waals surface area contributed by atoms with E-state index in [0.717, 1.165) is 0 Å². The van der Waals surface area contributed by atoms with E-state index in [1.54, 1.807) is 25.1 Å². The van der Waals surface area contributed by atoms with Crippen molar-refractivity contribution in [3.05, 3.63) is 35.6 Å². The third-order valence-corrected chi connectivity index (χ3v) is 4.57. The Kier molecular flexibility index (Phi) is 6.36. The third kappa shape index (κ3) is 4.69. The molecule has 1 aliphatic heterocycles. The maximum atomic E-state index is 14.0. The Morgan fingerprint density at radius 2 is 2.04 bits per heavy atom. The summed E-state index contributed by atoms with van der Waals surface area (Å²) in [5, 5.41) is 12.0. The van der Waals surface area contributed by atoms with Crippen molar-refractivity contribution in [2.75, 3.05) is 20.2 Å². The van der Waals surface area contributed by atoms with E-state index in [2.05, 4.69) is 5.32 Å². The Balaban J connectivity index is 2.05. The van der Waals surface area contributed by atoms with Crippen molar-refractivity contribution in [3.8, 4) is 0 Å². The van der Waals surface area contributed by atoms with E-state index < -0.39 is 29.9 Å². The standard InChI is InChI=1S/C18H25FN2O4/c1-11-8-13(17(22)23)10-21(9-11)18(24)20-12(2)16(25-3)14-6-4-5-7-15(14)19/h4-7,11-13,16H,8-10H2,1-3H3,(H,20,24)(H,22,23). The van der Waals surface area contributed by atoms with Gasteiger partial charge in [0.1, 0.15) is 11.9 Å². The summed E-state index contributed by atoms with van der Waals surface area (Å²) in [6.07, 6.45) is -0.0763. The average molecular weight is 352 g/mol. The van der Waals surface area contributed by atoms with Gasteiger partial charge >= 0.3 is 12.0 Å². The summed E-state index contributed by atoms with van der Waals surface area (Å²) < 4.78 is 19.4. The molecule has 1 saturated heterocycles. The molecule has 4 atom stereocenters. The lowest BCUT2D eigenvalue weighted by molar-refractivity contribution is -0.143. The van der Waals surface area contributed by atoms with Crippen LogP contribution in [0.3, 0.4) is 0 Å². The number of methoxy groups -OCH3 is 1. The lowest BCUT2D eigenvalue weighted by atomic mass is 9.91. The molecule has 25 heavy (non-hydrogen) atoms. The molecular weight excluding hydrogens is 327 g/mol. The lowest BCUT2D eigenvalue weighted by Gasteiger charge is -2.36. The molecule has 4 unspecified atom stereocenters. The van der Waals surface area contributed by atoms with Crippen LogP contribution in [0.5, 0.6) is 0 Å². The fourth-order valence-electron chi connectivity index (χ4n) is 3.36. The first-order valence-electron chi connectivity index (χ1n) is 8.39. The van der Waals surface area contributed by atoms with Crippen molar-refractivity contribution in [2.24, 2.45) is 11.8 Å². The van der Waals surface area contributed by atoms with Gasteiger partial charge in [0.05, 0.1) is 12.0 Å². The molecular formula is C18H25FN2O4. The molecule has 138 valence electrons. The van der Waals surface area contributed by atoms with Gasteiger partial charge in [-0.05, 0) is 25.3 Å². The molecule has 0 saturated carbocycles. The normalized spacial score (nSPS) is 23.0. The van der Waals surface area contributed by atoms with Gasteiger partial charge in [-0.3, -0.25) is 4.79 Å². The number of aliphatic carboxylic acids is 1. The minimum Gasteiger partial charge on any atom is -0.481 e. The Morgan fingerprint density at radius 1 is 1.36 bits per heavy atom. The summed E-state index contributed by atoms with van der Waals surface area (Å²) in [5.41, 5.74) is 0.369. The first-order chi connectivity index (χ1) is 11.8. The molecule has 6 nitrogen and oxygen atoms in total. The highest BCUT2D eigenvalue weighted by Gasteiger charge is 2.33. The maximum Gasteiger partial charge on any atom is 0.317 e. The van der Waals surface area contributed by atoms with Crippen molar-refractivity contribution in [2.45, 2.75) is 32.4 Å². The number of nitrogens with zero attached hydrogens (tertiary/aromatic N) is 1.